The quantitative estimate of drug-likeness (QED) is 0.513. The lowest BCUT2D eigenvalue weighted by molar-refractivity contribution is -0.385. The smallest absolute Gasteiger partial charge is 0.282 e. The minimum absolute atomic E-state index is 0.0640. The molecule has 0 saturated heterocycles. The molecule has 1 N–H and O–H groups in total. The number of fused-ring (bicyclic) bond motifs is 1. The van der Waals surface area contributed by atoms with Gasteiger partial charge in [-0.1, -0.05) is 18.2 Å². The number of rotatable bonds is 6. The van der Waals surface area contributed by atoms with Crippen LogP contribution in [0.5, 0.6) is 0 Å². The topological polar surface area (TPSA) is 103 Å². The molecule has 0 unspecified atom stereocenters. The molecule has 2 heterocycles. The molecule has 1 aromatic carbocycles. The zero-order chi connectivity index (χ0) is 20.2. The highest BCUT2D eigenvalue weighted by Gasteiger charge is 2.23. The lowest BCUT2D eigenvalue weighted by Gasteiger charge is -2.14. The first-order valence-corrected chi connectivity index (χ1v) is 9.66. The Morgan fingerprint density at radius 3 is 2.72 bits per heavy atom. The number of hydrogen-bond donors (Lipinski definition) is 1. The number of nitro benzene ring substituents is 1. The summed E-state index contributed by atoms with van der Waals surface area (Å²) in [6.45, 7) is 0.836. The van der Waals surface area contributed by atoms with E-state index in [0.29, 0.717) is 13.1 Å². The molecule has 1 amide bonds. The van der Waals surface area contributed by atoms with Crippen LogP contribution in [0.4, 0.5) is 5.69 Å². The predicted molar refractivity (Wildman–Crippen MR) is 108 cm³/mol. The molecule has 29 heavy (non-hydrogen) atoms. The highest BCUT2D eigenvalue weighted by atomic mass is 16.6. The standard InChI is InChI=1S/C21H21N5O3/c27-21(16-8-2-4-11-19(16)26(28)29)23-13-14-25-18-10-3-1-7-15(18)20(24-25)17-9-5-6-12-22-17/h2,4-6,8-9,11-12H,1,3,7,10,13-14H2,(H,23,27). The van der Waals surface area contributed by atoms with Gasteiger partial charge in [0.15, 0.2) is 0 Å². The number of hydrogen-bond acceptors (Lipinski definition) is 5. The molecule has 8 heteroatoms. The van der Waals surface area contributed by atoms with Crippen LogP contribution in [-0.2, 0) is 19.4 Å². The van der Waals surface area contributed by atoms with Gasteiger partial charge in [0.1, 0.15) is 11.3 Å². The molecular weight excluding hydrogens is 370 g/mol. The fraction of sp³-hybridized carbons (Fsp3) is 0.286. The average Bonchev–Trinajstić information content (AvgIpc) is 3.13. The molecule has 2 aromatic heterocycles. The molecule has 0 radical (unpaired) electrons. The Kier molecular flexibility index (Phi) is 5.33. The maximum absolute atomic E-state index is 12.4. The van der Waals surface area contributed by atoms with E-state index >= 15 is 0 Å². The Hall–Kier alpha value is -3.55. The van der Waals surface area contributed by atoms with E-state index in [-0.39, 0.29) is 11.3 Å². The minimum atomic E-state index is -0.544. The van der Waals surface area contributed by atoms with Gasteiger partial charge in [0.05, 0.1) is 17.2 Å². The van der Waals surface area contributed by atoms with Crippen molar-refractivity contribution in [2.24, 2.45) is 0 Å². The molecule has 0 saturated carbocycles. The SMILES string of the molecule is O=C(NCCn1nc(-c2ccccn2)c2c1CCCC2)c1ccccc1[N+](=O)[O-]. The fourth-order valence-corrected chi connectivity index (χ4v) is 3.76. The van der Waals surface area contributed by atoms with Crippen molar-refractivity contribution in [3.8, 4) is 11.4 Å². The summed E-state index contributed by atoms with van der Waals surface area (Å²) in [5, 5.41) is 18.7. The molecule has 1 aliphatic carbocycles. The number of para-hydroxylation sites is 1. The van der Waals surface area contributed by atoms with Gasteiger partial charge in [0.2, 0.25) is 0 Å². The van der Waals surface area contributed by atoms with Crippen molar-refractivity contribution in [1.29, 1.82) is 0 Å². The second-order valence-electron chi connectivity index (χ2n) is 6.95. The Balaban J connectivity index is 1.50. The van der Waals surface area contributed by atoms with E-state index < -0.39 is 10.8 Å². The molecule has 8 nitrogen and oxygen atoms in total. The number of nitrogens with zero attached hydrogens (tertiary/aromatic N) is 4. The molecule has 148 valence electrons. The number of carbonyl (C=O) groups excluding carboxylic acids is 1. The van der Waals surface area contributed by atoms with Crippen molar-refractivity contribution in [2.75, 3.05) is 6.54 Å². The van der Waals surface area contributed by atoms with Crippen LogP contribution < -0.4 is 5.32 Å². The molecule has 4 rings (SSSR count). The van der Waals surface area contributed by atoms with Gasteiger partial charge in [-0.3, -0.25) is 24.6 Å². The third-order valence-electron chi connectivity index (χ3n) is 5.12. The van der Waals surface area contributed by atoms with Crippen molar-refractivity contribution < 1.29 is 9.72 Å². The zero-order valence-electron chi connectivity index (χ0n) is 15.9. The summed E-state index contributed by atoms with van der Waals surface area (Å²) in [7, 11) is 0. The van der Waals surface area contributed by atoms with E-state index in [9.17, 15) is 14.9 Å². The summed E-state index contributed by atoms with van der Waals surface area (Å²) in [5.41, 5.74) is 4.06. The van der Waals surface area contributed by atoms with Crippen LogP contribution in [0.15, 0.2) is 48.7 Å². The number of benzene rings is 1. The van der Waals surface area contributed by atoms with E-state index in [1.807, 2.05) is 22.9 Å². The van der Waals surface area contributed by atoms with Crippen LogP contribution in [0.3, 0.4) is 0 Å². The van der Waals surface area contributed by atoms with Crippen molar-refractivity contribution in [3.63, 3.8) is 0 Å². The van der Waals surface area contributed by atoms with E-state index in [1.165, 1.54) is 23.4 Å². The summed E-state index contributed by atoms with van der Waals surface area (Å²) >= 11 is 0. The van der Waals surface area contributed by atoms with Gasteiger partial charge < -0.3 is 5.32 Å². The number of nitrogens with one attached hydrogen (secondary N) is 1. The monoisotopic (exact) mass is 391 g/mol. The Bertz CT molecular complexity index is 1050. The normalized spacial score (nSPS) is 13.0. The van der Waals surface area contributed by atoms with Gasteiger partial charge in [0, 0.05) is 30.1 Å². The zero-order valence-corrected chi connectivity index (χ0v) is 15.9. The van der Waals surface area contributed by atoms with Crippen LogP contribution in [0.1, 0.15) is 34.5 Å². The molecular formula is C21H21N5O3. The third-order valence-corrected chi connectivity index (χ3v) is 5.12. The first kappa shape index (κ1) is 18.8. The summed E-state index contributed by atoms with van der Waals surface area (Å²) in [6, 6.07) is 11.7. The lowest BCUT2D eigenvalue weighted by Crippen LogP contribution is -2.28. The number of nitro groups is 1. The van der Waals surface area contributed by atoms with Crippen LogP contribution in [0.2, 0.25) is 0 Å². The molecule has 0 fully saturated rings. The maximum atomic E-state index is 12.4. The molecule has 0 bridgehead atoms. The summed E-state index contributed by atoms with van der Waals surface area (Å²) in [6.07, 6.45) is 5.93. The minimum Gasteiger partial charge on any atom is -0.350 e. The van der Waals surface area contributed by atoms with Gasteiger partial charge in [-0.05, 0) is 43.9 Å². The van der Waals surface area contributed by atoms with Crippen LogP contribution in [0.25, 0.3) is 11.4 Å². The Labute approximate surface area is 167 Å². The van der Waals surface area contributed by atoms with Gasteiger partial charge in [-0.2, -0.15) is 5.10 Å². The second kappa shape index (κ2) is 8.22. The summed E-state index contributed by atoms with van der Waals surface area (Å²) < 4.78 is 1.94. The second-order valence-corrected chi connectivity index (χ2v) is 6.95. The molecule has 0 spiro atoms. The highest BCUT2D eigenvalue weighted by Crippen LogP contribution is 2.30. The van der Waals surface area contributed by atoms with Gasteiger partial charge in [0.25, 0.3) is 11.6 Å². The van der Waals surface area contributed by atoms with Crippen LogP contribution >= 0.6 is 0 Å². The third kappa shape index (κ3) is 3.87. The largest absolute Gasteiger partial charge is 0.350 e. The Morgan fingerprint density at radius 2 is 1.93 bits per heavy atom. The van der Waals surface area contributed by atoms with E-state index in [0.717, 1.165) is 37.1 Å². The van der Waals surface area contributed by atoms with Crippen molar-refractivity contribution in [2.45, 2.75) is 32.2 Å². The first-order valence-electron chi connectivity index (χ1n) is 9.66. The average molecular weight is 391 g/mol. The van der Waals surface area contributed by atoms with Gasteiger partial charge in [-0.25, -0.2) is 0 Å². The van der Waals surface area contributed by atoms with Gasteiger partial charge >= 0.3 is 0 Å². The van der Waals surface area contributed by atoms with Crippen molar-refractivity contribution in [1.82, 2.24) is 20.1 Å². The van der Waals surface area contributed by atoms with Crippen LogP contribution in [0, 0.1) is 10.1 Å². The molecule has 0 atom stereocenters. The van der Waals surface area contributed by atoms with E-state index in [4.69, 9.17) is 5.10 Å². The highest BCUT2D eigenvalue weighted by molar-refractivity contribution is 5.98. The predicted octanol–water partition coefficient (Wildman–Crippen LogP) is 3.16. The molecule has 0 aliphatic heterocycles. The molecule has 3 aromatic rings. The fourth-order valence-electron chi connectivity index (χ4n) is 3.76. The number of carbonyl (C=O) groups is 1. The number of aromatic nitrogens is 3. The number of amides is 1. The number of pyridine rings is 1. The first-order chi connectivity index (χ1) is 14.1. The van der Waals surface area contributed by atoms with Gasteiger partial charge in [-0.15, -0.1) is 0 Å². The van der Waals surface area contributed by atoms with Crippen molar-refractivity contribution >= 4 is 11.6 Å². The van der Waals surface area contributed by atoms with Crippen molar-refractivity contribution in [3.05, 3.63) is 75.6 Å². The maximum Gasteiger partial charge on any atom is 0.282 e. The summed E-state index contributed by atoms with van der Waals surface area (Å²) in [5.74, 6) is -0.455. The van der Waals surface area contributed by atoms with E-state index in [2.05, 4.69) is 10.3 Å². The van der Waals surface area contributed by atoms with E-state index in [1.54, 1.807) is 18.3 Å². The molecule has 1 aliphatic rings. The lowest BCUT2D eigenvalue weighted by atomic mass is 9.95. The van der Waals surface area contributed by atoms with Crippen LogP contribution in [-0.4, -0.2) is 32.1 Å². The summed E-state index contributed by atoms with van der Waals surface area (Å²) in [4.78, 5) is 27.4. The Morgan fingerprint density at radius 1 is 1.14 bits per heavy atom.